The number of carboxylic acids is 1. The number of amides is 1. The first-order chi connectivity index (χ1) is 11.2. The lowest BCUT2D eigenvalue weighted by Gasteiger charge is -2.29. The molecule has 0 aliphatic carbocycles. The van der Waals surface area contributed by atoms with Gasteiger partial charge < -0.3 is 10.0 Å². The Hall–Kier alpha value is -2.02. The van der Waals surface area contributed by atoms with Gasteiger partial charge in [-0.1, -0.05) is 23.7 Å². The van der Waals surface area contributed by atoms with E-state index in [1.54, 1.807) is 0 Å². The number of carbonyl (C=O) groups is 2. The molecule has 1 fully saturated rings. The van der Waals surface area contributed by atoms with E-state index in [0.29, 0.717) is 11.1 Å². The van der Waals surface area contributed by atoms with Crippen molar-refractivity contribution in [1.29, 1.82) is 0 Å². The molecule has 0 atom stereocenters. The highest BCUT2D eigenvalue weighted by molar-refractivity contribution is 6.30. The Morgan fingerprint density at radius 2 is 1.71 bits per heavy atom. The van der Waals surface area contributed by atoms with Crippen LogP contribution in [-0.2, 0) is 9.59 Å². The van der Waals surface area contributed by atoms with Gasteiger partial charge >= 0.3 is 12.1 Å². The summed E-state index contributed by atoms with van der Waals surface area (Å²) in [5, 5.41) is 9.21. The number of hydrogen-bond acceptors (Lipinski definition) is 2. The summed E-state index contributed by atoms with van der Waals surface area (Å²) in [7, 11) is 0. The Labute approximate surface area is 141 Å². The Bertz CT molecular complexity index is 648. The molecule has 8 heteroatoms. The van der Waals surface area contributed by atoms with Gasteiger partial charge in [-0.3, -0.25) is 9.59 Å². The second-order valence-corrected chi connectivity index (χ2v) is 5.94. The van der Waals surface area contributed by atoms with Crippen LogP contribution in [0.4, 0.5) is 13.2 Å². The fourth-order valence-corrected chi connectivity index (χ4v) is 2.65. The molecule has 1 heterocycles. The summed E-state index contributed by atoms with van der Waals surface area (Å²) in [5.41, 5.74) is -1.20. The number of alkyl halides is 3. The van der Waals surface area contributed by atoms with Gasteiger partial charge in [0.05, 0.1) is 11.5 Å². The van der Waals surface area contributed by atoms with Crippen LogP contribution in [0.2, 0.25) is 5.02 Å². The van der Waals surface area contributed by atoms with Crippen molar-refractivity contribution < 1.29 is 27.9 Å². The quantitative estimate of drug-likeness (QED) is 0.837. The summed E-state index contributed by atoms with van der Waals surface area (Å²) in [4.78, 5) is 24.3. The van der Waals surface area contributed by atoms with Crippen molar-refractivity contribution in [1.82, 2.24) is 4.90 Å². The highest BCUT2D eigenvalue weighted by atomic mass is 35.5. The van der Waals surface area contributed by atoms with Crippen LogP contribution >= 0.6 is 11.6 Å². The molecular weight excluding hydrogens is 347 g/mol. The molecule has 1 N–H and O–H groups in total. The van der Waals surface area contributed by atoms with Crippen LogP contribution < -0.4 is 0 Å². The smallest absolute Gasteiger partial charge is 0.417 e. The molecule has 24 heavy (non-hydrogen) atoms. The Morgan fingerprint density at radius 3 is 2.17 bits per heavy atom. The zero-order valence-corrected chi connectivity index (χ0v) is 13.3. The third kappa shape index (κ3) is 4.50. The fourth-order valence-electron chi connectivity index (χ4n) is 2.52. The summed E-state index contributed by atoms with van der Waals surface area (Å²) in [5.74, 6) is -2.28. The Balaban J connectivity index is 2.19. The molecule has 0 spiro atoms. The first-order valence-corrected chi connectivity index (χ1v) is 7.63. The number of likely N-dealkylation sites (tertiary alicyclic amines) is 1. The van der Waals surface area contributed by atoms with Crippen LogP contribution in [0.3, 0.4) is 0 Å². The van der Waals surface area contributed by atoms with Crippen molar-refractivity contribution in [2.45, 2.75) is 19.0 Å². The van der Waals surface area contributed by atoms with Crippen LogP contribution in [-0.4, -0.2) is 41.1 Å². The third-order valence-electron chi connectivity index (χ3n) is 3.88. The van der Waals surface area contributed by atoms with Gasteiger partial charge in [0.1, 0.15) is 0 Å². The molecule has 0 saturated carbocycles. The van der Waals surface area contributed by atoms with Crippen LogP contribution in [0, 0.1) is 5.92 Å². The number of carbonyl (C=O) groups excluding carboxylic acids is 1. The van der Waals surface area contributed by atoms with Gasteiger partial charge in [-0.2, -0.15) is 13.2 Å². The maximum absolute atomic E-state index is 13.3. The van der Waals surface area contributed by atoms with Crippen molar-refractivity contribution in [3.8, 4) is 0 Å². The molecular formula is C16H15ClF3NO3. The molecule has 0 aromatic heterocycles. The second-order valence-electron chi connectivity index (χ2n) is 5.50. The highest BCUT2D eigenvalue weighted by Gasteiger charge is 2.36. The minimum atomic E-state index is -4.69. The van der Waals surface area contributed by atoms with Crippen molar-refractivity contribution in [3.05, 3.63) is 40.9 Å². The van der Waals surface area contributed by atoms with Crippen LogP contribution in [0.1, 0.15) is 18.4 Å². The van der Waals surface area contributed by atoms with E-state index in [1.807, 2.05) is 0 Å². The van der Waals surface area contributed by atoms with Gasteiger partial charge in [0.2, 0.25) is 5.91 Å². The second kappa shape index (κ2) is 7.25. The molecule has 1 saturated heterocycles. The molecule has 1 aromatic rings. The Morgan fingerprint density at radius 1 is 1.17 bits per heavy atom. The molecule has 1 amide bonds. The van der Waals surface area contributed by atoms with E-state index in [2.05, 4.69) is 0 Å². The van der Waals surface area contributed by atoms with E-state index in [1.165, 1.54) is 29.2 Å². The lowest BCUT2D eigenvalue weighted by Crippen LogP contribution is -2.39. The van der Waals surface area contributed by atoms with E-state index < -0.39 is 29.5 Å². The molecule has 0 unspecified atom stereocenters. The topological polar surface area (TPSA) is 57.6 Å². The van der Waals surface area contributed by atoms with Crippen molar-refractivity contribution in [3.63, 3.8) is 0 Å². The maximum Gasteiger partial charge on any atom is 0.417 e. The number of rotatable bonds is 3. The molecule has 0 bridgehead atoms. The number of allylic oxidation sites excluding steroid dienone is 1. The molecule has 1 aromatic carbocycles. The van der Waals surface area contributed by atoms with Gasteiger partial charge in [-0.25, -0.2) is 0 Å². The normalized spacial score (nSPS) is 17.0. The summed E-state index contributed by atoms with van der Waals surface area (Å²) in [6.07, 6.45) is -3.67. The van der Waals surface area contributed by atoms with Crippen molar-refractivity contribution in [2.24, 2.45) is 5.92 Å². The van der Waals surface area contributed by atoms with Gasteiger partial charge in [0, 0.05) is 24.2 Å². The van der Waals surface area contributed by atoms with E-state index in [9.17, 15) is 22.8 Å². The van der Waals surface area contributed by atoms with E-state index in [4.69, 9.17) is 16.7 Å². The predicted molar refractivity (Wildman–Crippen MR) is 82.4 cm³/mol. The maximum atomic E-state index is 13.3. The fraction of sp³-hybridized carbons (Fsp3) is 0.375. The summed E-state index contributed by atoms with van der Waals surface area (Å²) >= 11 is 5.67. The van der Waals surface area contributed by atoms with E-state index >= 15 is 0 Å². The van der Waals surface area contributed by atoms with Crippen molar-refractivity contribution >= 4 is 29.1 Å². The van der Waals surface area contributed by atoms with E-state index in [-0.39, 0.29) is 31.5 Å². The first-order valence-electron chi connectivity index (χ1n) is 7.25. The number of hydrogen-bond donors (Lipinski definition) is 1. The minimum Gasteiger partial charge on any atom is -0.481 e. The standard InChI is InChI=1S/C16H15ClF3NO3/c17-12-3-1-10(2-4-12)13(16(18,19)20)9-14(22)21-7-5-11(6-8-21)15(23)24/h1-4,9,11H,5-8H2,(H,23,24). The largest absolute Gasteiger partial charge is 0.481 e. The van der Waals surface area contributed by atoms with Crippen LogP contribution in [0.15, 0.2) is 30.3 Å². The number of piperidine rings is 1. The molecule has 4 nitrogen and oxygen atoms in total. The van der Waals surface area contributed by atoms with Gasteiger partial charge in [0.15, 0.2) is 0 Å². The monoisotopic (exact) mass is 361 g/mol. The molecule has 2 rings (SSSR count). The Kier molecular flexibility index (Phi) is 5.54. The average molecular weight is 362 g/mol. The number of carboxylic acid groups (broad SMARTS) is 1. The first kappa shape index (κ1) is 18.3. The number of halogens is 4. The van der Waals surface area contributed by atoms with Gasteiger partial charge in [0.25, 0.3) is 0 Å². The number of aliphatic carboxylic acids is 1. The molecule has 1 aliphatic rings. The lowest BCUT2D eigenvalue weighted by molar-refractivity contribution is -0.144. The number of nitrogens with zero attached hydrogens (tertiary/aromatic N) is 1. The van der Waals surface area contributed by atoms with Crippen molar-refractivity contribution in [2.75, 3.05) is 13.1 Å². The number of benzene rings is 1. The highest BCUT2D eigenvalue weighted by Crippen LogP contribution is 2.34. The van der Waals surface area contributed by atoms with E-state index in [0.717, 1.165) is 0 Å². The SMILES string of the molecule is O=C(O)C1CCN(C(=O)C=C(c2ccc(Cl)cc2)C(F)(F)F)CC1. The zero-order valence-electron chi connectivity index (χ0n) is 12.5. The molecule has 0 radical (unpaired) electrons. The predicted octanol–water partition coefficient (Wildman–Crippen LogP) is 3.61. The zero-order chi connectivity index (χ0) is 17.9. The van der Waals surface area contributed by atoms with Gasteiger partial charge in [-0.05, 0) is 30.5 Å². The summed E-state index contributed by atoms with van der Waals surface area (Å²) in [6.45, 7) is 0.246. The molecule has 130 valence electrons. The summed E-state index contributed by atoms with van der Waals surface area (Å²) < 4.78 is 39.8. The van der Waals surface area contributed by atoms with Crippen LogP contribution in [0.5, 0.6) is 0 Å². The average Bonchev–Trinajstić information content (AvgIpc) is 2.52. The molecule has 1 aliphatic heterocycles. The lowest BCUT2D eigenvalue weighted by atomic mass is 9.97. The van der Waals surface area contributed by atoms with Gasteiger partial charge in [-0.15, -0.1) is 0 Å². The summed E-state index contributed by atoms with van der Waals surface area (Å²) in [6, 6.07) is 5.04. The minimum absolute atomic E-state index is 0.123. The van der Waals surface area contributed by atoms with Crippen LogP contribution in [0.25, 0.3) is 5.57 Å². The third-order valence-corrected chi connectivity index (χ3v) is 4.14.